The number of rotatable bonds is 3. The van der Waals surface area contributed by atoms with Crippen molar-refractivity contribution in [3.8, 4) is 0 Å². The van der Waals surface area contributed by atoms with Crippen LogP contribution in [0.5, 0.6) is 0 Å². The van der Waals surface area contributed by atoms with Crippen molar-refractivity contribution in [1.29, 1.82) is 0 Å². The van der Waals surface area contributed by atoms with Crippen LogP contribution in [0.1, 0.15) is 25.3 Å². The van der Waals surface area contributed by atoms with Crippen molar-refractivity contribution in [2.24, 2.45) is 0 Å². The molecule has 7 heteroatoms. The first kappa shape index (κ1) is 18.5. The Kier molecular flexibility index (Phi) is 4.99. The third kappa shape index (κ3) is 3.50. The van der Waals surface area contributed by atoms with E-state index in [0.29, 0.717) is 18.0 Å². The van der Waals surface area contributed by atoms with Crippen LogP contribution < -0.4 is 4.90 Å². The highest BCUT2D eigenvalue weighted by Crippen LogP contribution is 2.37. The normalized spacial score (nSPS) is 24.2. The Morgan fingerprint density at radius 3 is 2.81 bits per heavy atom. The van der Waals surface area contributed by atoms with Gasteiger partial charge in [0.05, 0.1) is 30.3 Å². The fourth-order valence-electron chi connectivity index (χ4n) is 4.40. The summed E-state index contributed by atoms with van der Waals surface area (Å²) in [4.78, 5) is 8.74. The van der Waals surface area contributed by atoms with Crippen molar-refractivity contribution < 1.29 is 17.9 Å². The molecule has 4 nitrogen and oxygen atoms in total. The van der Waals surface area contributed by atoms with Gasteiger partial charge >= 0.3 is 6.18 Å². The predicted molar refractivity (Wildman–Crippen MR) is 99.0 cm³/mol. The molecule has 2 saturated heterocycles. The summed E-state index contributed by atoms with van der Waals surface area (Å²) < 4.78 is 45.9. The number of hydrogen-bond donors (Lipinski definition) is 0. The topological polar surface area (TPSA) is 28.6 Å². The molecule has 146 valence electrons. The molecular weight excluding hydrogens is 355 g/mol. The van der Waals surface area contributed by atoms with Crippen LogP contribution >= 0.6 is 0 Å². The molecule has 27 heavy (non-hydrogen) atoms. The average Bonchev–Trinajstić information content (AvgIpc) is 2.66. The summed E-state index contributed by atoms with van der Waals surface area (Å²) in [7, 11) is 0. The van der Waals surface area contributed by atoms with Crippen LogP contribution in [0.2, 0.25) is 0 Å². The number of morpholine rings is 1. The fourth-order valence-corrected chi connectivity index (χ4v) is 4.40. The molecule has 2 aliphatic heterocycles. The molecule has 0 bridgehead atoms. The Morgan fingerprint density at radius 2 is 2.04 bits per heavy atom. The zero-order valence-corrected chi connectivity index (χ0v) is 15.4. The molecule has 0 aliphatic carbocycles. The van der Waals surface area contributed by atoms with E-state index in [-0.39, 0.29) is 11.6 Å². The van der Waals surface area contributed by atoms with E-state index in [1.165, 1.54) is 12.3 Å². The van der Waals surface area contributed by atoms with Gasteiger partial charge in [-0.05, 0) is 18.6 Å². The SMILES string of the molecule is CCC[C@H]1COC[C@H]2CN(c3ccnc4c(C(F)(F)F)cccc34)CCN12. The van der Waals surface area contributed by atoms with Gasteiger partial charge in [0.25, 0.3) is 0 Å². The standard InChI is InChI=1S/C20H24F3N3O/c1-2-4-14-12-27-13-15-11-25(9-10-26(14)15)18-7-8-24-19-16(18)5-3-6-17(19)20(21,22)23/h3,5-8,14-15H,2,4,9-13H2,1H3/t14-,15+/m0/s1. The molecule has 2 aliphatic rings. The second kappa shape index (κ2) is 7.28. The summed E-state index contributed by atoms with van der Waals surface area (Å²) in [5.41, 5.74) is 0.168. The zero-order chi connectivity index (χ0) is 19.0. The van der Waals surface area contributed by atoms with Crippen molar-refractivity contribution >= 4 is 16.6 Å². The van der Waals surface area contributed by atoms with Gasteiger partial charge in [-0.1, -0.05) is 25.5 Å². The first-order valence-electron chi connectivity index (χ1n) is 9.52. The monoisotopic (exact) mass is 379 g/mol. The Bertz CT molecular complexity index is 809. The Morgan fingerprint density at radius 1 is 1.19 bits per heavy atom. The van der Waals surface area contributed by atoms with E-state index in [1.807, 2.05) is 6.07 Å². The number of fused-ring (bicyclic) bond motifs is 2. The van der Waals surface area contributed by atoms with Crippen LogP contribution in [-0.4, -0.2) is 54.8 Å². The molecule has 2 atom stereocenters. The second-order valence-corrected chi connectivity index (χ2v) is 7.35. The third-order valence-corrected chi connectivity index (χ3v) is 5.63. The van der Waals surface area contributed by atoms with Gasteiger partial charge < -0.3 is 9.64 Å². The molecule has 0 radical (unpaired) electrons. The van der Waals surface area contributed by atoms with E-state index in [9.17, 15) is 13.2 Å². The van der Waals surface area contributed by atoms with Crippen LogP contribution in [0, 0.1) is 0 Å². The van der Waals surface area contributed by atoms with Gasteiger partial charge in [0.1, 0.15) is 0 Å². The van der Waals surface area contributed by atoms with E-state index in [4.69, 9.17) is 4.74 Å². The lowest BCUT2D eigenvalue weighted by molar-refractivity contribution is -0.136. The molecule has 0 unspecified atom stereocenters. The molecule has 3 heterocycles. The van der Waals surface area contributed by atoms with Crippen molar-refractivity contribution in [1.82, 2.24) is 9.88 Å². The van der Waals surface area contributed by atoms with Crippen LogP contribution in [-0.2, 0) is 10.9 Å². The van der Waals surface area contributed by atoms with Crippen molar-refractivity contribution in [3.05, 3.63) is 36.0 Å². The molecule has 0 amide bonds. The number of piperazine rings is 1. The number of nitrogens with zero attached hydrogens (tertiary/aromatic N) is 3. The van der Waals surface area contributed by atoms with Crippen molar-refractivity contribution in [2.45, 2.75) is 38.0 Å². The smallest absolute Gasteiger partial charge is 0.378 e. The second-order valence-electron chi connectivity index (χ2n) is 7.35. The average molecular weight is 379 g/mol. The molecule has 0 N–H and O–H groups in total. The summed E-state index contributed by atoms with van der Waals surface area (Å²) in [5, 5.41) is 0.558. The molecule has 1 aromatic heterocycles. The number of halogens is 3. The summed E-state index contributed by atoms with van der Waals surface area (Å²) >= 11 is 0. The Balaban J connectivity index is 1.64. The molecule has 0 saturated carbocycles. The third-order valence-electron chi connectivity index (χ3n) is 5.63. The van der Waals surface area contributed by atoms with Gasteiger partial charge in [0.2, 0.25) is 0 Å². The van der Waals surface area contributed by atoms with E-state index in [0.717, 1.165) is 50.8 Å². The van der Waals surface area contributed by atoms with Gasteiger partial charge in [-0.15, -0.1) is 0 Å². The molecule has 2 fully saturated rings. The van der Waals surface area contributed by atoms with Crippen LogP contribution in [0.3, 0.4) is 0 Å². The number of para-hydroxylation sites is 1. The number of pyridine rings is 1. The maximum atomic E-state index is 13.4. The quantitative estimate of drug-likeness (QED) is 0.808. The fraction of sp³-hybridized carbons (Fsp3) is 0.550. The van der Waals surface area contributed by atoms with E-state index < -0.39 is 11.7 Å². The number of benzene rings is 1. The predicted octanol–water partition coefficient (Wildman–Crippen LogP) is 3.94. The first-order chi connectivity index (χ1) is 13.0. The minimum Gasteiger partial charge on any atom is -0.378 e. The lowest BCUT2D eigenvalue weighted by atomic mass is 10.0. The molecule has 0 spiro atoms. The molecule has 2 aromatic rings. The van der Waals surface area contributed by atoms with Gasteiger partial charge in [-0.2, -0.15) is 13.2 Å². The minimum atomic E-state index is -4.41. The highest BCUT2D eigenvalue weighted by molar-refractivity contribution is 5.93. The molecular formula is C20H24F3N3O. The summed E-state index contributed by atoms with van der Waals surface area (Å²) in [5.74, 6) is 0. The lowest BCUT2D eigenvalue weighted by Crippen LogP contribution is -2.62. The Labute approximate surface area is 156 Å². The van der Waals surface area contributed by atoms with Crippen LogP contribution in [0.25, 0.3) is 10.9 Å². The van der Waals surface area contributed by atoms with Crippen molar-refractivity contribution in [3.63, 3.8) is 0 Å². The maximum Gasteiger partial charge on any atom is 0.418 e. The molecule has 4 rings (SSSR count). The summed E-state index contributed by atoms with van der Waals surface area (Å²) in [6.45, 7) is 6.09. The number of ether oxygens (including phenoxy) is 1. The maximum absolute atomic E-state index is 13.4. The minimum absolute atomic E-state index is 0.0219. The summed E-state index contributed by atoms with van der Waals surface area (Å²) in [6.07, 6.45) is -0.690. The largest absolute Gasteiger partial charge is 0.418 e. The lowest BCUT2D eigenvalue weighted by Gasteiger charge is -2.48. The van der Waals surface area contributed by atoms with Gasteiger partial charge in [-0.25, -0.2) is 0 Å². The van der Waals surface area contributed by atoms with Crippen molar-refractivity contribution in [2.75, 3.05) is 37.7 Å². The van der Waals surface area contributed by atoms with Gasteiger partial charge in [0.15, 0.2) is 0 Å². The van der Waals surface area contributed by atoms with E-state index in [1.54, 1.807) is 6.07 Å². The zero-order valence-electron chi connectivity index (χ0n) is 15.4. The number of hydrogen-bond acceptors (Lipinski definition) is 4. The van der Waals surface area contributed by atoms with Gasteiger partial charge in [0, 0.05) is 42.9 Å². The Hall–Kier alpha value is -1.86. The van der Waals surface area contributed by atoms with E-state index >= 15 is 0 Å². The highest BCUT2D eigenvalue weighted by Gasteiger charge is 2.37. The van der Waals surface area contributed by atoms with Gasteiger partial charge in [-0.3, -0.25) is 9.88 Å². The van der Waals surface area contributed by atoms with Crippen LogP contribution in [0.4, 0.5) is 18.9 Å². The first-order valence-corrected chi connectivity index (χ1v) is 9.52. The highest BCUT2D eigenvalue weighted by atomic mass is 19.4. The molecule has 1 aromatic carbocycles. The van der Waals surface area contributed by atoms with E-state index in [2.05, 4.69) is 21.7 Å². The number of anilines is 1. The summed E-state index contributed by atoms with van der Waals surface area (Å²) in [6, 6.07) is 6.84. The number of aromatic nitrogens is 1. The van der Waals surface area contributed by atoms with Crippen LogP contribution in [0.15, 0.2) is 30.5 Å². The number of alkyl halides is 3.